The zero-order chi connectivity index (χ0) is 19.4. The third-order valence-electron chi connectivity index (χ3n) is 3.67. The number of aryl methyl sites for hydroxylation is 1. The van der Waals surface area contributed by atoms with Crippen molar-refractivity contribution in [2.45, 2.75) is 13.0 Å². The Morgan fingerprint density at radius 3 is 2.67 bits per heavy atom. The second kappa shape index (κ2) is 7.85. The Balaban J connectivity index is 1.82. The summed E-state index contributed by atoms with van der Waals surface area (Å²) in [7, 11) is 1.81. The Kier molecular flexibility index (Phi) is 5.33. The first-order valence-corrected chi connectivity index (χ1v) is 8.43. The molecule has 2 N–H and O–H groups in total. The van der Waals surface area contributed by atoms with E-state index in [4.69, 9.17) is 16.9 Å². The Labute approximate surface area is 160 Å². The third-order valence-corrected chi connectivity index (χ3v) is 3.94. The molecule has 3 rings (SSSR count). The van der Waals surface area contributed by atoms with Crippen molar-refractivity contribution in [1.82, 2.24) is 25.1 Å². The zero-order valence-corrected chi connectivity index (χ0v) is 15.4. The van der Waals surface area contributed by atoms with E-state index in [9.17, 15) is 4.79 Å². The van der Waals surface area contributed by atoms with Crippen LogP contribution in [-0.2, 0) is 7.05 Å². The highest BCUT2D eigenvalue weighted by Gasteiger charge is 2.12. The molecule has 0 aliphatic heterocycles. The van der Waals surface area contributed by atoms with Gasteiger partial charge in [0.15, 0.2) is 0 Å². The summed E-state index contributed by atoms with van der Waals surface area (Å²) in [5, 5.41) is 18.9. The number of amides is 1. The molecule has 8 nitrogen and oxygen atoms in total. The van der Waals surface area contributed by atoms with Crippen LogP contribution in [0.2, 0.25) is 5.02 Å². The minimum absolute atomic E-state index is 0.316. The number of carbonyl (C=O) groups is 1. The van der Waals surface area contributed by atoms with Gasteiger partial charge in [0.05, 0.1) is 34.9 Å². The van der Waals surface area contributed by atoms with Crippen molar-refractivity contribution < 1.29 is 4.79 Å². The zero-order valence-electron chi connectivity index (χ0n) is 14.6. The maximum atomic E-state index is 12.1. The van der Waals surface area contributed by atoms with E-state index in [1.54, 1.807) is 48.3 Å². The van der Waals surface area contributed by atoms with Gasteiger partial charge < -0.3 is 10.6 Å². The molecule has 0 unspecified atom stereocenters. The standard InChI is InChI=1S/C18H16ClN7O/c1-11(7-20)23-17(27)13-5-3-12(4-6-13)16-15(19)9-21-18(25-16)24-14-8-22-26(2)10-14/h3-6,8-11H,1-2H3,(H,23,27)(H,21,24,25)/t11-/m0/s1. The average Bonchev–Trinajstić information content (AvgIpc) is 3.08. The molecule has 0 aliphatic carbocycles. The molecule has 9 heteroatoms. The fraction of sp³-hybridized carbons (Fsp3) is 0.167. The lowest BCUT2D eigenvalue weighted by Gasteiger charge is -2.09. The number of halogens is 1. The van der Waals surface area contributed by atoms with Gasteiger partial charge in [-0.15, -0.1) is 0 Å². The molecular formula is C18H16ClN7O. The van der Waals surface area contributed by atoms with Crippen molar-refractivity contribution in [3.63, 3.8) is 0 Å². The molecule has 0 bridgehead atoms. The molecule has 0 spiro atoms. The van der Waals surface area contributed by atoms with Crippen molar-refractivity contribution in [2.75, 3.05) is 5.32 Å². The van der Waals surface area contributed by atoms with Gasteiger partial charge in [-0.1, -0.05) is 23.7 Å². The third kappa shape index (κ3) is 4.40. The van der Waals surface area contributed by atoms with Crippen molar-refractivity contribution in [1.29, 1.82) is 5.26 Å². The summed E-state index contributed by atoms with van der Waals surface area (Å²) in [6, 6.07) is 8.19. The van der Waals surface area contributed by atoms with Gasteiger partial charge in [0.25, 0.3) is 5.91 Å². The Hall–Kier alpha value is -3.44. The quantitative estimate of drug-likeness (QED) is 0.703. The minimum Gasteiger partial charge on any atom is -0.337 e. The van der Waals surface area contributed by atoms with Crippen LogP contribution in [0.1, 0.15) is 17.3 Å². The number of nitrogens with zero attached hydrogens (tertiary/aromatic N) is 5. The van der Waals surface area contributed by atoms with Crippen LogP contribution in [0.25, 0.3) is 11.3 Å². The molecular weight excluding hydrogens is 366 g/mol. The van der Waals surface area contributed by atoms with Crippen LogP contribution in [0.15, 0.2) is 42.9 Å². The number of nitriles is 1. The highest BCUT2D eigenvalue weighted by molar-refractivity contribution is 6.32. The van der Waals surface area contributed by atoms with Gasteiger partial charge in [0.2, 0.25) is 5.95 Å². The van der Waals surface area contributed by atoms with Crippen molar-refractivity contribution in [3.8, 4) is 17.3 Å². The maximum absolute atomic E-state index is 12.1. The molecule has 3 aromatic rings. The van der Waals surface area contributed by atoms with Gasteiger partial charge in [0, 0.05) is 24.4 Å². The fourth-order valence-electron chi connectivity index (χ4n) is 2.34. The Bertz CT molecular complexity index is 1010. The molecule has 1 aromatic carbocycles. The van der Waals surface area contributed by atoms with Crippen LogP contribution in [0, 0.1) is 11.3 Å². The van der Waals surface area contributed by atoms with Crippen LogP contribution in [0.4, 0.5) is 11.6 Å². The van der Waals surface area contributed by atoms with Crippen molar-refractivity contribution >= 4 is 29.1 Å². The smallest absolute Gasteiger partial charge is 0.252 e. The number of carbonyl (C=O) groups excluding carboxylic acids is 1. The first-order valence-electron chi connectivity index (χ1n) is 8.05. The van der Waals surface area contributed by atoms with Gasteiger partial charge in [-0.05, 0) is 19.1 Å². The summed E-state index contributed by atoms with van der Waals surface area (Å²) >= 11 is 6.24. The van der Waals surface area contributed by atoms with Gasteiger partial charge in [-0.25, -0.2) is 9.97 Å². The number of rotatable bonds is 5. The highest BCUT2D eigenvalue weighted by atomic mass is 35.5. The van der Waals surface area contributed by atoms with E-state index in [-0.39, 0.29) is 5.91 Å². The van der Waals surface area contributed by atoms with Crippen LogP contribution >= 0.6 is 11.6 Å². The Morgan fingerprint density at radius 2 is 2.04 bits per heavy atom. The van der Waals surface area contributed by atoms with Gasteiger partial charge in [-0.2, -0.15) is 10.4 Å². The second-order valence-corrected chi connectivity index (χ2v) is 6.23. The predicted molar refractivity (Wildman–Crippen MR) is 102 cm³/mol. The van der Waals surface area contributed by atoms with E-state index < -0.39 is 6.04 Å². The lowest BCUT2D eigenvalue weighted by molar-refractivity contribution is 0.0948. The summed E-state index contributed by atoms with van der Waals surface area (Å²) in [4.78, 5) is 20.7. The summed E-state index contributed by atoms with van der Waals surface area (Å²) in [6.07, 6.45) is 4.97. The van der Waals surface area contributed by atoms with E-state index in [2.05, 4.69) is 25.7 Å². The number of benzene rings is 1. The summed E-state index contributed by atoms with van der Waals surface area (Å²) in [6.45, 7) is 1.61. The summed E-state index contributed by atoms with van der Waals surface area (Å²) < 4.78 is 1.66. The van der Waals surface area contributed by atoms with Crippen LogP contribution < -0.4 is 10.6 Å². The largest absolute Gasteiger partial charge is 0.337 e. The molecule has 27 heavy (non-hydrogen) atoms. The molecule has 0 saturated heterocycles. The van der Waals surface area contributed by atoms with Crippen LogP contribution in [-0.4, -0.2) is 31.7 Å². The van der Waals surface area contributed by atoms with E-state index >= 15 is 0 Å². The summed E-state index contributed by atoms with van der Waals surface area (Å²) in [5.41, 5.74) is 2.47. The highest BCUT2D eigenvalue weighted by Crippen LogP contribution is 2.27. The topological polar surface area (TPSA) is 109 Å². The average molecular weight is 382 g/mol. The number of anilines is 2. The Morgan fingerprint density at radius 1 is 1.30 bits per heavy atom. The van der Waals surface area contributed by atoms with E-state index in [1.165, 1.54) is 6.20 Å². The number of aromatic nitrogens is 4. The number of nitrogens with one attached hydrogen (secondary N) is 2. The molecule has 0 saturated carbocycles. The minimum atomic E-state index is -0.561. The van der Waals surface area contributed by atoms with E-state index in [0.717, 1.165) is 11.3 Å². The number of hydrogen-bond acceptors (Lipinski definition) is 6. The summed E-state index contributed by atoms with van der Waals surface area (Å²) in [5.74, 6) is 0.0652. The molecule has 136 valence electrons. The first-order chi connectivity index (χ1) is 13.0. The molecule has 0 aliphatic rings. The van der Waals surface area contributed by atoms with Crippen molar-refractivity contribution in [2.24, 2.45) is 7.05 Å². The maximum Gasteiger partial charge on any atom is 0.252 e. The molecule has 1 atom stereocenters. The fourth-order valence-corrected chi connectivity index (χ4v) is 2.54. The molecule has 1 amide bonds. The molecule has 2 heterocycles. The van der Waals surface area contributed by atoms with E-state index in [1.807, 2.05) is 13.1 Å². The van der Waals surface area contributed by atoms with Crippen LogP contribution in [0.5, 0.6) is 0 Å². The predicted octanol–water partition coefficient (Wildman–Crippen LogP) is 2.92. The second-order valence-electron chi connectivity index (χ2n) is 5.82. The monoisotopic (exact) mass is 381 g/mol. The SMILES string of the molecule is C[C@@H](C#N)NC(=O)c1ccc(-c2nc(Nc3cnn(C)c3)ncc2Cl)cc1. The first kappa shape index (κ1) is 18.4. The molecule has 2 aromatic heterocycles. The van der Waals surface area contributed by atoms with Gasteiger partial charge in [-0.3, -0.25) is 9.48 Å². The lowest BCUT2D eigenvalue weighted by Crippen LogP contribution is -2.31. The van der Waals surface area contributed by atoms with Gasteiger partial charge in [0.1, 0.15) is 6.04 Å². The molecule has 0 fully saturated rings. The lowest BCUT2D eigenvalue weighted by atomic mass is 10.1. The molecule has 0 radical (unpaired) electrons. The number of hydrogen-bond donors (Lipinski definition) is 2. The van der Waals surface area contributed by atoms with E-state index in [0.29, 0.717) is 22.2 Å². The van der Waals surface area contributed by atoms with Crippen LogP contribution in [0.3, 0.4) is 0 Å². The normalized spacial score (nSPS) is 11.5. The van der Waals surface area contributed by atoms with Crippen molar-refractivity contribution in [3.05, 3.63) is 53.4 Å². The van der Waals surface area contributed by atoms with Gasteiger partial charge >= 0.3 is 0 Å².